The lowest BCUT2D eigenvalue weighted by Crippen LogP contribution is -2.45. The number of hydrogen-bond donors (Lipinski definition) is 4. The number of benzene rings is 1. The molecule has 0 bridgehead atoms. The Hall–Kier alpha value is -3.65. The highest BCUT2D eigenvalue weighted by Crippen LogP contribution is 2.29. The molecule has 186 valence electrons. The molecule has 3 rings (SSSR count). The molecule has 0 spiro atoms. The molecular formula is C24H27F3N6O2. The fraction of sp³-hybridized carbons (Fsp3) is 0.417. The molecule has 2 aliphatic rings. The zero-order valence-corrected chi connectivity index (χ0v) is 19.0. The number of likely N-dealkylation sites (tertiary alicyclic amines) is 1. The van der Waals surface area contributed by atoms with Crippen molar-refractivity contribution in [3.8, 4) is 6.19 Å². The van der Waals surface area contributed by atoms with Gasteiger partial charge in [0.25, 0.3) is 0 Å². The molecule has 1 aliphatic heterocycles. The summed E-state index contributed by atoms with van der Waals surface area (Å²) in [6.07, 6.45) is 4.45. The van der Waals surface area contributed by atoms with Crippen LogP contribution in [-0.2, 0) is 11.0 Å². The maximum Gasteiger partial charge on any atom is 0.416 e. The first-order valence-corrected chi connectivity index (χ1v) is 11.2. The van der Waals surface area contributed by atoms with Gasteiger partial charge >= 0.3 is 6.18 Å². The molecule has 1 saturated heterocycles. The van der Waals surface area contributed by atoms with E-state index in [0.717, 1.165) is 17.7 Å². The van der Waals surface area contributed by atoms with Gasteiger partial charge < -0.3 is 20.7 Å². The van der Waals surface area contributed by atoms with Crippen LogP contribution in [0.4, 0.5) is 13.2 Å². The van der Waals surface area contributed by atoms with E-state index in [0.29, 0.717) is 38.8 Å². The number of rotatable bonds is 8. The Kier molecular flexibility index (Phi) is 8.65. The largest absolute Gasteiger partial charge is 0.416 e. The molecule has 1 amide bonds. The van der Waals surface area contributed by atoms with E-state index in [9.17, 15) is 23.1 Å². The summed E-state index contributed by atoms with van der Waals surface area (Å²) in [6, 6.07) is 3.47. The van der Waals surface area contributed by atoms with Crippen LogP contribution in [0.2, 0.25) is 0 Å². The average Bonchev–Trinajstić information content (AvgIpc) is 3.25. The predicted octanol–water partition coefficient (Wildman–Crippen LogP) is 2.72. The number of allylic oxidation sites excluding steroid dienone is 1. The van der Waals surface area contributed by atoms with Crippen molar-refractivity contribution >= 4 is 17.6 Å². The Bertz CT molecular complexity index is 1060. The zero-order chi connectivity index (χ0) is 25.4. The fourth-order valence-corrected chi connectivity index (χ4v) is 3.91. The molecule has 35 heavy (non-hydrogen) atoms. The van der Waals surface area contributed by atoms with E-state index in [-0.39, 0.29) is 29.7 Å². The second-order valence-electron chi connectivity index (χ2n) is 8.24. The van der Waals surface area contributed by atoms with E-state index in [1.54, 1.807) is 12.3 Å². The van der Waals surface area contributed by atoms with Crippen LogP contribution in [0.15, 0.2) is 53.1 Å². The summed E-state index contributed by atoms with van der Waals surface area (Å²) in [5.41, 5.74) is 0.454. The van der Waals surface area contributed by atoms with E-state index in [1.165, 1.54) is 17.0 Å². The molecule has 8 nitrogen and oxygen atoms in total. The highest BCUT2D eigenvalue weighted by molar-refractivity contribution is 6.04. The molecule has 1 aliphatic carbocycles. The Morgan fingerprint density at radius 2 is 2.09 bits per heavy atom. The molecule has 0 aromatic heterocycles. The highest BCUT2D eigenvalue weighted by atomic mass is 19.4. The van der Waals surface area contributed by atoms with Gasteiger partial charge in [-0.2, -0.15) is 18.4 Å². The van der Waals surface area contributed by atoms with Gasteiger partial charge in [-0.05, 0) is 37.0 Å². The number of aliphatic hydroxyl groups is 1. The van der Waals surface area contributed by atoms with Crippen LogP contribution in [0.1, 0.15) is 36.8 Å². The molecule has 2 unspecified atom stereocenters. The first kappa shape index (κ1) is 26.0. The summed E-state index contributed by atoms with van der Waals surface area (Å²) in [7, 11) is 0. The lowest BCUT2D eigenvalue weighted by molar-refractivity contribution is -0.137. The smallest absolute Gasteiger partial charge is 0.389 e. The number of nitrogens with zero attached hydrogens (tertiary/aromatic N) is 3. The third-order valence-corrected chi connectivity index (χ3v) is 5.80. The fourth-order valence-electron chi connectivity index (χ4n) is 3.91. The summed E-state index contributed by atoms with van der Waals surface area (Å²) >= 11 is 0. The third-order valence-electron chi connectivity index (χ3n) is 5.80. The van der Waals surface area contributed by atoms with Gasteiger partial charge in [0.1, 0.15) is 0 Å². The van der Waals surface area contributed by atoms with Crippen molar-refractivity contribution in [3.05, 3.63) is 59.2 Å². The molecule has 1 aromatic rings. The quantitative estimate of drug-likeness (QED) is 0.194. The van der Waals surface area contributed by atoms with Gasteiger partial charge in [-0.1, -0.05) is 35.9 Å². The van der Waals surface area contributed by atoms with Crippen molar-refractivity contribution in [1.29, 1.82) is 10.7 Å². The van der Waals surface area contributed by atoms with E-state index in [1.807, 2.05) is 12.2 Å². The second kappa shape index (κ2) is 11.7. The molecule has 1 fully saturated rings. The molecule has 2 atom stereocenters. The Morgan fingerprint density at radius 1 is 1.34 bits per heavy atom. The van der Waals surface area contributed by atoms with Gasteiger partial charge in [0.05, 0.1) is 30.0 Å². The number of nitrogens with one attached hydrogen (secondary N) is 3. The monoisotopic (exact) mass is 488 g/mol. The molecule has 0 radical (unpaired) electrons. The van der Waals surface area contributed by atoms with Crippen molar-refractivity contribution in [2.45, 2.75) is 44.0 Å². The number of hydrogen-bond acceptors (Lipinski definition) is 5. The van der Waals surface area contributed by atoms with E-state index >= 15 is 0 Å². The third kappa shape index (κ3) is 7.16. The van der Waals surface area contributed by atoms with Gasteiger partial charge in [0.2, 0.25) is 11.9 Å². The van der Waals surface area contributed by atoms with Gasteiger partial charge in [-0.15, -0.1) is 0 Å². The van der Waals surface area contributed by atoms with E-state index in [4.69, 9.17) is 10.7 Å². The predicted molar refractivity (Wildman–Crippen MR) is 125 cm³/mol. The minimum absolute atomic E-state index is 0.0231. The van der Waals surface area contributed by atoms with Crippen LogP contribution < -0.4 is 10.6 Å². The molecule has 4 N–H and O–H groups in total. The SMILES string of the molecule is N#CNC(=NCC(C(=N)c1ccc(C(F)(F)F)cc1)N1CCCC1=O)NCCC1=CCC(O)C=C1. The van der Waals surface area contributed by atoms with Crippen LogP contribution in [0.5, 0.6) is 0 Å². The number of aliphatic hydroxyl groups excluding tert-OH is 1. The number of amides is 1. The molecule has 0 saturated carbocycles. The summed E-state index contributed by atoms with van der Waals surface area (Å²) in [6.45, 7) is 0.823. The van der Waals surface area contributed by atoms with Crippen molar-refractivity contribution in [3.63, 3.8) is 0 Å². The summed E-state index contributed by atoms with van der Waals surface area (Å²) in [4.78, 5) is 18.3. The van der Waals surface area contributed by atoms with Gasteiger partial charge in [-0.3, -0.25) is 10.1 Å². The van der Waals surface area contributed by atoms with E-state index in [2.05, 4.69) is 15.6 Å². The number of guanidine groups is 1. The Morgan fingerprint density at radius 3 is 2.66 bits per heavy atom. The van der Waals surface area contributed by atoms with Crippen LogP contribution in [0, 0.1) is 16.9 Å². The highest BCUT2D eigenvalue weighted by Gasteiger charge is 2.33. The van der Waals surface area contributed by atoms with Crippen LogP contribution in [-0.4, -0.2) is 59.4 Å². The minimum Gasteiger partial charge on any atom is -0.389 e. The van der Waals surface area contributed by atoms with Crippen LogP contribution in [0.3, 0.4) is 0 Å². The molecule has 1 aromatic carbocycles. The lowest BCUT2D eigenvalue weighted by Gasteiger charge is -2.27. The van der Waals surface area contributed by atoms with Gasteiger partial charge in [-0.25, -0.2) is 4.99 Å². The van der Waals surface area contributed by atoms with Crippen molar-refractivity contribution in [2.75, 3.05) is 19.6 Å². The van der Waals surface area contributed by atoms with Gasteiger partial charge in [0, 0.05) is 19.5 Å². The number of aliphatic imine (C=N–C) groups is 1. The van der Waals surface area contributed by atoms with Crippen molar-refractivity contribution in [1.82, 2.24) is 15.5 Å². The van der Waals surface area contributed by atoms with Gasteiger partial charge in [0.15, 0.2) is 6.19 Å². The lowest BCUT2D eigenvalue weighted by atomic mass is 10.0. The molecule has 1 heterocycles. The first-order chi connectivity index (χ1) is 16.7. The Balaban J connectivity index is 1.72. The summed E-state index contributed by atoms with van der Waals surface area (Å²) in [5, 5.41) is 32.7. The number of halogens is 3. The number of carbonyl (C=O) groups is 1. The van der Waals surface area contributed by atoms with Crippen molar-refractivity contribution in [2.24, 2.45) is 4.99 Å². The maximum absolute atomic E-state index is 12.9. The number of alkyl halides is 3. The van der Waals surface area contributed by atoms with Crippen LogP contribution >= 0.6 is 0 Å². The summed E-state index contributed by atoms with van der Waals surface area (Å²) < 4.78 is 38.7. The first-order valence-electron chi connectivity index (χ1n) is 11.2. The normalized spacial score (nSPS) is 19.2. The minimum atomic E-state index is -4.48. The average molecular weight is 489 g/mol. The van der Waals surface area contributed by atoms with E-state index < -0.39 is 23.9 Å². The zero-order valence-electron chi connectivity index (χ0n) is 19.0. The van der Waals surface area contributed by atoms with Crippen molar-refractivity contribution < 1.29 is 23.1 Å². The Labute approximate surface area is 201 Å². The summed E-state index contributed by atoms with van der Waals surface area (Å²) in [5.74, 6) is 0.0209. The maximum atomic E-state index is 12.9. The topological polar surface area (TPSA) is 125 Å². The van der Waals surface area contributed by atoms with Crippen LogP contribution in [0.25, 0.3) is 0 Å². The standard InChI is InChI=1S/C24H27F3N6O2/c25-24(26,27)18-7-5-17(6-8-18)22(29)20(33-13-1-2-21(33)35)14-31-23(32-15-28)30-12-11-16-3-9-19(34)10-4-16/h3-9,19-20,29,34H,1-2,10-14H2,(H2,30,31,32). The molecule has 11 heteroatoms. The number of nitriles is 1. The number of carbonyl (C=O) groups excluding carboxylic acids is 1. The molecular weight excluding hydrogens is 461 g/mol. The second-order valence-corrected chi connectivity index (χ2v) is 8.24.